The minimum atomic E-state index is -0.476. The first-order valence-electron chi connectivity index (χ1n) is 7.29. The maximum atomic E-state index is 12.4. The van der Waals surface area contributed by atoms with Crippen LogP contribution in [-0.4, -0.2) is 41.6 Å². The number of phenolic OH excluding ortho intramolecular Hbond substituents is 1. The number of nitrogens with one attached hydrogen (secondary N) is 1. The van der Waals surface area contributed by atoms with E-state index in [4.69, 9.17) is 34.8 Å². The molecule has 22 heavy (non-hydrogen) atoms. The lowest BCUT2D eigenvalue weighted by Crippen LogP contribution is -2.43. The number of hydrogen-bond donors (Lipinski definition) is 2. The van der Waals surface area contributed by atoms with Crippen molar-refractivity contribution in [3.8, 4) is 5.75 Å². The standard InChI is InChI=1S/C15H19Cl3N2O2/c1-9(8-20-5-3-2-4-6-20)19-15(22)12-13(18)10(16)7-11(17)14(12)21/h7,9,21H,2-6,8H2,1H3,(H,19,22). The number of piperidine rings is 1. The summed E-state index contributed by atoms with van der Waals surface area (Å²) in [6, 6.07) is 1.24. The second kappa shape index (κ2) is 7.73. The van der Waals surface area contributed by atoms with Gasteiger partial charge in [0.1, 0.15) is 11.3 Å². The third kappa shape index (κ3) is 4.19. The second-order valence-corrected chi connectivity index (χ2v) is 6.81. The van der Waals surface area contributed by atoms with Crippen molar-refractivity contribution >= 4 is 40.7 Å². The molecule has 0 radical (unpaired) electrons. The summed E-state index contributed by atoms with van der Waals surface area (Å²) in [6.07, 6.45) is 3.65. The van der Waals surface area contributed by atoms with Crippen LogP contribution >= 0.6 is 34.8 Å². The number of amides is 1. The molecule has 1 unspecified atom stereocenters. The number of aromatic hydroxyl groups is 1. The van der Waals surface area contributed by atoms with E-state index in [0.29, 0.717) is 0 Å². The summed E-state index contributed by atoms with van der Waals surface area (Å²) in [5.74, 6) is -0.824. The third-order valence-electron chi connectivity index (χ3n) is 3.73. The molecular formula is C15H19Cl3N2O2. The maximum absolute atomic E-state index is 12.4. The molecule has 1 atom stereocenters. The van der Waals surface area contributed by atoms with Crippen molar-refractivity contribution in [3.05, 3.63) is 26.7 Å². The largest absolute Gasteiger partial charge is 0.505 e. The Kier molecular flexibility index (Phi) is 6.21. The lowest BCUT2D eigenvalue weighted by Gasteiger charge is -2.29. The summed E-state index contributed by atoms with van der Waals surface area (Å²) in [5.41, 5.74) is -0.0790. The van der Waals surface area contributed by atoms with Crippen LogP contribution in [0.1, 0.15) is 36.5 Å². The molecule has 122 valence electrons. The van der Waals surface area contributed by atoms with Crippen LogP contribution in [0.3, 0.4) is 0 Å². The predicted octanol–water partition coefficient (Wildman–Crippen LogP) is 3.96. The fraction of sp³-hybridized carbons (Fsp3) is 0.533. The highest BCUT2D eigenvalue weighted by Crippen LogP contribution is 2.38. The van der Waals surface area contributed by atoms with Gasteiger partial charge in [-0.3, -0.25) is 4.79 Å². The van der Waals surface area contributed by atoms with Gasteiger partial charge in [0.15, 0.2) is 0 Å². The van der Waals surface area contributed by atoms with E-state index in [2.05, 4.69) is 10.2 Å². The van der Waals surface area contributed by atoms with Crippen molar-refractivity contribution in [2.75, 3.05) is 19.6 Å². The molecule has 0 aliphatic carbocycles. The van der Waals surface area contributed by atoms with E-state index in [1.807, 2.05) is 6.92 Å². The average molecular weight is 366 g/mol. The Morgan fingerprint density at radius 1 is 1.27 bits per heavy atom. The molecule has 1 aromatic carbocycles. The van der Waals surface area contributed by atoms with Crippen LogP contribution < -0.4 is 5.32 Å². The van der Waals surface area contributed by atoms with Crippen molar-refractivity contribution < 1.29 is 9.90 Å². The molecule has 4 nitrogen and oxygen atoms in total. The molecule has 2 rings (SSSR count). The molecule has 1 heterocycles. The van der Waals surface area contributed by atoms with Crippen LogP contribution in [0.2, 0.25) is 15.1 Å². The fourth-order valence-corrected chi connectivity index (χ4v) is 3.36. The van der Waals surface area contributed by atoms with Gasteiger partial charge in [-0.1, -0.05) is 41.2 Å². The van der Waals surface area contributed by atoms with Crippen molar-refractivity contribution in [1.29, 1.82) is 0 Å². The van der Waals surface area contributed by atoms with Gasteiger partial charge in [0.05, 0.1) is 15.1 Å². The Balaban J connectivity index is 2.05. The molecule has 1 fully saturated rings. The summed E-state index contributed by atoms with van der Waals surface area (Å²) in [5, 5.41) is 12.9. The first-order chi connectivity index (χ1) is 10.4. The van der Waals surface area contributed by atoms with Crippen LogP contribution in [0.4, 0.5) is 0 Å². The topological polar surface area (TPSA) is 52.6 Å². The van der Waals surface area contributed by atoms with Crippen LogP contribution in [0.5, 0.6) is 5.75 Å². The molecule has 1 saturated heterocycles. The lowest BCUT2D eigenvalue weighted by atomic mass is 10.1. The minimum absolute atomic E-state index is 0.00299. The molecule has 0 spiro atoms. The number of benzene rings is 1. The van der Waals surface area contributed by atoms with E-state index in [-0.39, 0.29) is 32.4 Å². The van der Waals surface area contributed by atoms with E-state index < -0.39 is 5.91 Å². The highest BCUT2D eigenvalue weighted by molar-refractivity contribution is 6.45. The summed E-state index contributed by atoms with van der Waals surface area (Å²) < 4.78 is 0. The quantitative estimate of drug-likeness (QED) is 0.794. The first kappa shape index (κ1) is 17.7. The normalized spacial score (nSPS) is 17.3. The Labute approximate surface area is 145 Å². The number of nitrogens with zero attached hydrogens (tertiary/aromatic N) is 1. The number of hydrogen-bond acceptors (Lipinski definition) is 3. The highest BCUT2D eigenvalue weighted by atomic mass is 35.5. The molecule has 1 aromatic rings. The van der Waals surface area contributed by atoms with Crippen molar-refractivity contribution in [2.45, 2.75) is 32.2 Å². The summed E-state index contributed by atoms with van der Waals surface area (Å²) in [6.45, 7) is 4.78. The van der Waals surface area contributed by atoms with Crippen molar-refractivity contribution in [3.63, 3.8) is 0 Å². The zero-order chi connectivity index (χ0) is 16.3. The molecule has 1 aliphatic heterocycles. The molecular weight excluding hydrogens is 347 g/mol. The van der Waals surface area contributed by atoms with Gasteiger partial charge in [-0.2, -0.15) is 0 Å². The molecule has 0 saturated carbocycles. The number of carbonyl (C=O) groups excluding carboxylic acids is 1. The minimum Gasteiger partial charge on any atom is -0.505 e. The van der Waals surface area contributed by atoms with Crippen LogP contribution in [0, 0.1) is 0 Å². The zero-order valence-corrected chi connectivity index (χ0v) is 14.6. The number of halogens is 3. The summed E-state index contributed by atoms with van der Waals surface area (Å²) in [4.78, 5) is 14.7. The Hall–Kier alpha value is -0.680. The van der Waals surface area contributed by atoms with Gasteiger partial charge in [-0.15, -0.1) is 0 Å². The van der Waals surface area contributed by atoms with Gasteiger partial charge in [-0.25, -0.2) is 0 Å². The Morgan fingerprint density at radius 3 is 2.55 bits per heavy atom. The summed E-state index contributed by atoms with van der Waals surface area (Å²) in [7, 11) is 0. The Bertz CT molecular complexity index is 534. The molecule has 0 aromatic heterocycles. The number of likely N-dealkylation sites (tertiary alicyclic amines) is 1. The van der Waals surface area contributed by atoms with Crippen LogP contribution in [0.25, 0.3) is 0 Å². The maximum Gasteiger partial charge on any atom is 0.256 e. The van der Waals surface area contributed by atoms with E-state index in [1.165, 1.54) is 25.3 Å². The van der Waals surface area contributed by atoms with E-state index in [9.17, 15) is 9.90 Å². The molecule has 1 aliphatic rings. The van der Waals surface area contributed by atoms with Gasteiger partial charge in [0.2, 0.25) is 0 Å². The average Bonchev–Trinajstić information content (AvgIpc) is 2.46. The molecule has 0 bridgehead atoms. The lowest BCUT2D eigenvalue weighted by molar-refractivity contribution is 0.0923. The van der Waals surface area contributed by atoms with Crippen LogP contribution in [-0.2, 0) is 0 Å². The Morgan fingerprint density at radius 2 is 1.91 bits per heavy atom. The molecule has 2 N–H and O–H groups in total. The van der Waals surface area contributed by atoms with E-state index in [1.54, 1.807) is 0 Å². The van der Waals surface area contributed by atoms with Gasteiger partial charge in [0, 0.05) is 12.6 Å². The van der Waals surface area contributed by atoms with Gasteiger partial charge in [0.25, 0.3) is 5.91 Å². The van der Waals surface area contributed by atoms with Crippen molar-refractivity contribution in [1.82, 2.24) is 10.2 Å². The zero-order valence-electron chi connectivity index (χ0n) is 12.3. The number of carbonyl (C=O) groups is 1. The van der Waals surface area contributed by atoms with Gasteiger partial charge >= 0.3 is 0 Å². The predicted molar refractivity (Wildman–Crippen MR) is 90.4 cm³/mol. The summed E-state index contributed by atoms with van der Waals surface area (Å²) >= 11 is 17.8. The van der Waals surface area contributed by atoms with E-state index >= 15 is 0 Å². The molecule has 1 amide bonds. The first-order valence-corrected chi connectivity index (χ1v) is 8.43. The number of phenols is 1. The SMILES string of the molecule is CC(CN1CCCCC1)NC(=O)c1c(O)c(Cl)cc(Cl)c1Cl. The van der Waals surface area contributed by atoms with Gasteiger partial charge < -0.3 is 15.3 Å². The molecule has 7 heteroatoms. The van der Waals surface area contributed by atoms with E-state index in [0.717, 1.165) is 19.6 Å². The van der Waals surface area contributed by atoms with Crippen LogP contribution in [0.15, 0.2) is 6.07 Å². The smallest absolute Gasteiger partial charge is 0.256 e. The monoisotopic (exact) mass is 364 g/mol. The highest BCUT2D eigenvalue weighted by Gasteiger charge is 2.23. The van der Waals surface area contributed by atoms with Gasteiger partial charge in [-0.05, 0) is 38.9 Å². The third-order valence-corrected chi connectivity index (χ3v) is 4.81. The second-order valence-electron chi connectivity index (χ2n) is 5.61. The fourth-order valence-electron chi connectivity index (χ4n) is 2.66. The number of rotatable bonds is 4. The van der Waals surface area contributed by atoms with Crippen molar-refractivity contribution in [2.24, 2.45) is 0 Å².